The summed E-state index contributed by atoms with van der Waals surface area (Å²) in [6, 6.07) is 10.9. The zero-order valence-corrected chi connectivity index (χ0v) is 20.2. The Bertz CT molecular complexity index is 1120. The molecule has 32 heavy (non-hydrogen) atoms. The quantitative estimate of drug-likeness (QED) is 0.473. The molecule has 0 amide bonds. The minimum atomic E-state index is -0.519. The van der Waals surface area contributed by atoms with Crippen LogP contribution < -0.4 is 5.73 Å². The summed E-state index contributed by atoms with van der Waals surface area (Å²) < 4.78 is 0. The van der Waals surface area contributed by atoms with Crippen molar-refractivity contribution in [3.63, 3.8) is 0 Å². The number of fused-ring (bicyclic) bond motifs is 1. The molecule has 0 radical (unpaired) electrons. The van der Waals surface area contributed by atoms with Gasteiger partial charge < -0.3 is 10.7 Å². The molecule has 1 aromatic carbocycles. The minimum Gasteiger partial charge on any atom is -0.354 e. The number of carbonyl (C=O) groups is 1. The molecule has 2 aromatic heterocycles. The van der Waals surface area contributed by atoms with E-state index < -0.39 is 5.41 Å². The van der Waals surface area contributed by atoms with Crippen LogP contribution in [0, 0.1) is 12.8 Å². The van der Waals surface area contributed by atoms with E-state index in [0.717, 1.165) is 53.7 Å². The summed E-state index contributed by atoms with van der Waals surface area (Å²) in [4.78, 5) is 21.4. The normalized spacial score (nSPS) is 19.6. The second-order valence-electron chi connectivity index (χ2n) is 10.6. The highest BCUT2D eigenvalue weighted by Crippen LogP contribution is 2.39. The van der Waals surface area contributed by atoms with Gasteiger partial charge in [-0.05, 0) is 87.3 Å². The first kappa shape index (κ1) is 22.7. The number of aromatic nitrogens is 2. The third-order valence-electron chi connectivity index (χ3n) is 7.32. The lowest BCUT2D eigenvalue weighted by Crippen LogP contribution is -2.34. The van der Waals surface area contributed by atoms with Gasteiger partial charge >= 0.3 is 0 Å². The third-order valence-corrected chi connectivity index (χ3v) is 7.32. The van der Waals surface area contributed by atoms with Crippen molar-refractivity contribution in [3.05, 3.63) is 53.3 Å². The first-order valence-corrected chi connectivity index (χ1v) is 12.0. The average molecular weight is 432 g/mol. The van der Waals surface area contributed by atoms with Gasteiger partial charge in [-0.15, -0.1) is 0 Å². The van der Waals surface area contributed by atoms with Crippen molar-refractivity contribution < 1.29 is 4.79 Å². The summed E-state index contributed by atoms with van der Waals surface area (Å²) in [5.74, 6) is 1.10. The highest BCUT2D eigenvalue weighted by atomic mass is 16.1. The van der Waals surface area contributed by atoms with Crippen LogP contribution in [0.15, 0.2) is 36.5 Å². The third kappa shape index (κ3) is 4.38. The fourth-order valence-corrected chi connectivity index (χ4v) is 5.33. The van der Waals surface area contributed by atoms with E-state index in [4.69, 9.17) is 5.73 Å². The molecule has 2 heterocycles. The number of benzene rings is 1. The van der Waals surface area contributed by atoms with Gasteiger partial charge in [0.15, 0.2) is 0 Å². The zero-order chi connectivity index (χ0) is 23.0. The van der Waals surface area contributed by atoms with Crippen LogP contribution in [0.4, 0.5) is 0 Å². The number of nitrogens with zero attached hydrogens (tertiary/aromatic N) is 1. The van der Waals surface area contributed by atoms with Crippen molar-refractivity contribution in [2.75, 3.05) is 0 Å². The van der Waals surface area contributed by atoms with E-state index in [-0.39, 0.29) is 6.04 Å². The molecule has 1 fully saturated rings. The van der Waals surface area contributed by atoms with Crippen LogP contribution in [-0.4, -0.2) is 21.8 Å². The van der Waals surface area contributed by atoms with Gasteiger partial charge in [0.2, 0.25) is 0 Å². The van der Waals surface area contributed by atoms with Gasteiger partial charge in [0, 0.05) is 46.2 Å². The molecule has 4 heteroatoms. The average Bonchev–Trinajstić information content (AvgIpc) is 3.13. The molecule has 1 saturated carbocycles. The summed E-state index contributed by atoms with van der Waals surface area (Å²) in [5.41, 5.74) is 12.5. The van der Waals surface area contributed by atoms with Gasteiger partial charge in [-0.25, -0.2) is 0 Å². The first-order chi connectivity index (χ1) is 15.2. The lowest BCUT2D eigenvalue weighted by molar-refractivity contribution is -0.124. The van der Waals surface area contributed by atoms with Crippen molar-refractivity contribution in [3.8, 4) is 11.3 Å². The second kappa shape index (κ2) is 8.82. The molecule has 3 aromatic rings. The smallest absolute Gasteiger partial charge is 0.143 e. The Hall–Kier alpha value is -2.46. The van der Waals surface area contributed by atoms with Gasteiger partial charge in [-0.3, -0.25) is 9.78 Å². The van der Waals surface area contributed by atoms with E-state index in [0.29, 0.717) is 24.0 Å². The molecule has 0 saturated heterocycles. The maximum Gasteiger partial charge on any atom is 0.143 e. The van der Waals surface area contributed by atoms with Gasteiger partial charge in [-0.2, -0.15) is 0 Å². The monoisotopic (exact) mass is 431 g/mol. The predicted octanol–water partition coefficient (Wildman–Crippen LogP) is 6.42. The van der Waals surface area contributed by atoms with Crippen molar-refractivity contribution in [1.82, 2.24) is 9.97 Å². The molecule has 0 spiro atoms. The summed E-state index contributed by atoms with van der Waals surface area (Å²) in [6.45, 7) is 10.6. The van der Waals surface area contributed by atoms with Gasteiger partial charge in [0.05, 0.1) is 5.69 Å². The summed E-state index contributed by atoms with van der Waals surface area (Å²) in [7, 11) is 0. The molecule has 4 nitrogen and oxygen atoms in total. The van der Waals surface area contributed by atoms with E-state index in [1.807, 2.05) is 13.1 Å². The number of hydrogen-bond acceptors (Lipinski definition) is 3. The van der Waals surface area contributed by atoms with Crippen molar-refractivity contribution in [2.24, 2.45) is 11.7 Å². The van der Waals surface area contributed by atoms with E-state index in [9.17, 15) is 4.79 Å². The standard InChI is InChI=1S/C28H37N3O/c1-17(2)26-23-16-21(28(4,5)25(32)15-19-7-6-8-22(29)14-19)9-10-24(23)31-27(26)20-11-12-30-18(3)13-20/h9-13,16-17,19,22,31H,6-8,14-15,29H2,1-5H3. The van der Waals surface area contributed by atoms with Crippen LogP contribution in [0.5, 0.6) is 0 Å². The van der Waals surface area contributed by atoms with Crippen LogP contribution in [0.3, 0.4) is 0 Å². The fraction of sp³-hybridized carbons (Fsp3) is 0.500. The fourth-order valence-electron chi connectivity index (χ4n) is 5.33. The zero-order valence-electron chi connectivity index (χ0n) is 20.2. The molecule has 170 valence electrons. The lowest BCUT2D eigenvalue weighted by Gasteiger charge is -2.30. The lowest BCUT2D eigenvalue weighted by atomic mass is 9.74. The number of hydrogen-bond donors (Lipinski definition) is 2. The van der Waals surface area contributed by atoms with Crippen molar-refractivity contribution >= 4 is 16.7 Å². The maximum atomic E-state index is 13.4. The van der Waals surface area contributed by atoms with E-state index in [1.165, 1.54) is 10.9 Å². The van der Waals surface area contributed by atoms with Crippen molar-refractivity contribution in [1.29, 1.82) is 0 Å². The summed E-state index contributed by atoms with van der Waals surface area (Å²) in [5, 5.41) is 1.21. The number of Topliss-reactive ketones (excluding diaryl/α,β-unsaturated/α-hetero) is 1. The number of H-pyrrole nitrogens is 1. The Kier molecular flexibility index (Phi) is 6.26. The number of pyridine rings is 1. The number of rotatable bonds is 6. The molecule has 1 aliphatic carbocycles. The Morgan fingerprint density at radius 3 is 2.69 bits per heavy atom. The van der Waals surface area contributed by atoms with Crippen LogP contribution in [0.2, 0.25) is 0 Å². The Labute approximate surface area is 192 Å². The van der Waals surface area contributed by atoms with E-state index >= 15 is 0 Å². The van der Waals surface area contributed by atoms with E-state index in [2.05, 4.69) is 68.0 Å². The number of aromatic amines is 1. The van der Waals surface area contributed by atoms with Crippen LogP contribution in [0.1, 0.15) is 82.5 Å². The van der Waals surface area contributed by atoms with Gasteiger partial charge in [0.1, 0.15) is 5.78 Å². The number of aryl methyl sites for hydroxylation is 1. The largest absolute Gasteiger partial charge is 0.354 e. The molecule has 3 N–H and O–H groups in total. The van der Waals surface area contributed by atoms with Crippen molar-refractivity contribution in [2.45, 2.75) is 84.1 Å². The SMILES string of the molecule is Cc1cc(-c2[nH]c3ccc(C(C)(C)C(=O)CC4CCCC(N)C4)cc3c2C(C)C)ccn1. The number of nitrogens with one attached hydrogen (secondary N) is 1. The maximum absolute atomic E-state index is 13.4. The van der Waals surface area contributed by atoms with Crippen LogP contribution in [0.25, 0.3) is 22.2 Å². The predicted molar refractivity (Wildman–Crippen MR) is 133 cm³/mol. The van der Waals surface area contributed by atoms with Crippen LogP contribution in [-0.2, 0) is 10.2 Å². The van der Waals surface area contributed by atoms with Gasteiger partial charge in [-0.1, -0.05) is 26.3 Å². The Morgan fingerprint density at radius 2 is 2.00 bits per heavy atom. The molecule has 2 unspecified atom stereocenters. The molecular formula is C28H37N3O. The van der Waals surface area contributed by atoms with E-state index in [1.54, 1.807) is 0 Å². The number of nitrogens with two attached hydrogens (primary N) is 1. The molecular weight excluding hydrogens is 394 g/mol. The molecule has 4 rings (SSSR count). The second-order valence-corrected chi connectivity index (χ2v) is 10.6. The van der Waals surface area contributed by atoms with Crippen LogP contribution >= 0.6 is 0 Å². The Balaban J connectivity index is 1.70. The Morgan fingerprint density at radius 1 is 1.22 bits per heavy atom. The number of carbonyl (C=O) groups excluding carboxylic acids is 1. The summed E-state index contributed by atoms with van der Waals surface area (Å²) >= 11 is 0. The topological polar surface area (TPSA) is 71.8 Å². The van der Waals surface area contributed by atoms with Gasteiger partial charge in [0.25, 0.3) is 0 Å². The molecule has 2 atom stereocenters. The minimum absolute atomic E-state index is 0.254. The molecule has 0 bridgehead atoms. The highest BCUT2D eigenvalue weighted by molar-refractivity contribution is 5.95. The molecule has 0 aliphatic heterocycles. The molecule has 1 aliphatic rings. The highest BCUT2D eigenvalue weighted by Gasteiger charge is 2.33. The number of ketones is 1. The first-order valence-electron chi connectivity index (χ1n) is 12.0. The summed E-state index contributed by atoms with van der Waals surface area (Å²) in [6.07, 6.45) is 6.83.